The van der Waals surface area contributed by atoms with Crippen molar-refractivity contribution in [1.29, 1.82) is 0 Å². The summed E-state index contributed by atoms with van der Waals surface area (Å²) in [4.78, 5) is 28.9. The first-order valence-electron chi connectivity index (χ1n) is 12.0. The monoisotopic (exact) mass is 508 g/mol. The summed E-state index contributed by atoms with van der Waals surface area (Å²) in [7, 11) is 0. The molecule has 0 aliphatic carbocycles. The molecule has 0 spiro atoms. The number of benzene rings is 1. The van der Waals surface area contributed by atoms with Crippen LogP contribution in [0.25, 0.3) is 27.6 Å². The average molecular weight is 509 g/mol. The first-order chi connectivity index (χ1) is 17.3. The fourth-order valence-corrected chi connectivity index (χ4v) is 5.01. The van der Waals surface area contributed by atoms with Crippen molar-refractivity contribution >= 4 is 28.3 Å². The number of piperidine rings is 1. The maximum Gasteiger partial charge on any atom is 0.410 e. The third kappa shape index (κ3) is 5.33. The van der Waals surface area contributed by atoms with Crippen LogP contribution in [0.3, 0.4) is 0 Å². The van der Waals surface area contributed by atoms with E-state index >= 15 is 0 Å². The third-order valence-corrected chi connectivity index (χ3v) is 6.85. The molecule has 1 N–H and O–H groups in total. The second-order valence-electron chi connectivity index (χ2n) is 9.93. The number of aromatic nitrogens is 4. The highest BCUT2D eigenvalue weighted by Gasteiger charge is 2.27. The molecule has 1 saturated heterocycles. The predicted molar refractivity (Wildman–Crippen MR) is 139 cm³/mol. The number of hydrogen-bond donors (Lipinski definition) is 1. The lowest BCUT2D eigenvalue weighted by atomic mass is 9.97. The molecule has 1 aliphatic heterocycles. The van der Waals surface area contributed by atoms with Gasteiger partial charge in [-0.05, 0) is 69.9 Å². The van der Waals surface area contributed by atoms with Crippen LogP contribution in [-0.4, -0.2) is 55.6 Å². The van der Waals surface area contributed by atoms with Crippen LogP contribution in [0, 0.1) is 11.7 Å². The molecule has 4 aromatic rings. The Balaban J connectivity index is 1.28. The molecule has 4 heterocycles. The Morgan fingerprint density at radius 2 is 1.92 bits per heavy atom. The normalized spacial score (nSPS) is 14.8. The number of halogens is 1. The molecule has 1 aliphatic rings. The zero-order valence-electron chi connectivity index (χ0n) is 20.6. The SMILES string of the molecule is CC(C)(C)OC(=O)N1CCC(CNc2nccc(-c3c(-c4ccc(F)cc4)nc4sccn34)n2)CC1. The van der Waals surface area contributed by atoms with E-state index in [2.05, 4.69) is 10.3 Å². The van der Waals surface area contributed by atoms with E-state index < -0.39 is 5.60 Å². The molecule has 3 aromatic heterocycles. The molecule has 0 unspecified atom stereocenters. The second-order valence-corrected chi connectivity index (χ2v) is 10.8. The fourth-order valence-electron chi connectivity index (χ4n) is 4.30. The van der Waals surface area contributed by atoms with Crippen molar-refractivity contribution in [2.75, 3.05) is 25.0 Å². The minimum atomic E-state index is -0.488. The van der Waals surface area contributed by atoms with E-state index in [4.69, 9.17) is 14.7 Å². The van der Waals surface area contributed by atoms with Gasteiger partial charge in [0, 0.05) is 43.0 Å². The largest absolute Gasteiger partial charge is 0.444 e. The molecule has 5 rings (SSSR count). The minimum absolute atomic E-state index is 0.248. The van der Waals surface area contributed by atoms with Gasteiger partial charge in [0.2, 0.25) is 5.95 Å². The van der Waals surface area contributed by atoms with Gasteiger partial charge in [0.15, 0.2) is 4.96 Å². The van der Waals surface area contributed by atoms with Crippen LogP contribution < -0.4 is 5.32 Å². The molecule has 36 heavy (non-hydrogen) atoms. The number of ether oxygens (including phenoxy) is 1. The molecular weight excluding hydrogens is 479 g/mol. The fraction of sp³-hybridized carbons (Fsp3) is 0.385. The molecule has 10 heteroatoms. The van der Waals surface area contributed by atoms with Gasteiger partial charge in [-0.15, -0.1) is 11.3 Å². The topological polar surface area (TPSA) is 84.6 Å². The summed E-state index contributed by atoms with van der Waals surface area (Å²) in [5.41, 5.74) is 2.66. The lowest BCUT2D eigenvalue weighted by Crippen LogP contribution is -2.42. The molecule has 0 radical (unpaired) electrons. The van der Waals surface area contributed by atoms with Crippen LogP contribution in [0.4, 0.5) is 15.1 Å². The summed E-state index contributed by atoms with van der Waals surface area (Å²) in [6.45, 7) is 7.71. The van der Waals surface area contributed by atoms with E-state index in [-0.39, 0.29) is 11.9 Å². The van der Waals surface area contributed by atoms with Gasteiger partial charge >= 0.3 is 6.09 Å². The summed E-state index contributed by atoms with van der Waals surface area (Å²) in [6, 6.07) is 8.20. The van der Waals surface area contributed by atoms with Crippen molar-refractivity contribution in [3.8, 4) is 22.6 Å². The number of carbonyl (C=O) groups is 1. The number of likely N-dealkylation sites (tertiary alicyclic amines) is 1. The van der Waals surface area contributed by atoms with Gasteiger partial charge in [-0.1, -0.05) is 0 Å². The molecule has 188 valence electrons. The Labute approximate surface area is 213 Å². The number of nitrogens with one attached hydrogen (secondary N) is 1. The number of imidazole rings is 1. The number of nitrogens with zero attached hydrogens (tertiary/aromatic N) is 5. The van der Waals surface area contributed by atoms with Crippen LogP contribution in [0.1, 0.15) is 33.6 Å². The average Bonchev–Trinajstić information content (AvgIpc) is 3.44. The Kier molecular flexibility index (Phi) is 6.61. The van der Waals surface area contributed by atoms with Crippen molar-refractivity contribution in [3.63, 3.8) is 0 Å². The molecule has 0 bridgehead atoms. The Bertz CT molecular complexity index is 1350. The Morgan fingerprint density at radius 1 is 1.17 bits per heavy atom. The van der Waals surface area contributed by atoms with Gasteiger partial charge in [0.1, 0.15) is 17.1 Å². The van der Waals surface area contributed by atoms with Gasteiger partial charge in [-0.25, -0.2) is 24.1 Å². The zero-order chi connectivity index (χ0) is 25.3. The molecule has 0 atom stereocenters. The van der Waals surface area contributed by atoms with Gasteiger partial charge in [-0.2, -0.15) is 0 Å². The molecular formula is C26H29FN6O2S. The van der Waals surface area contributed by atoms with Crippen molar-refractivity contribution < 1.29 is 13.9 Å². The second kappa shape index (κ2) is 9.85. The van der Waals surface area contributed by atoms with Crippen LogP contribution in [0.15, 0.2) is 48.1 Å². The summed E-state index contributed by atoms with van der Waals surface area (Å²) in [6.07, 6.45) is 5.22. The van der Waals surface area contributed by atoms with Gasteiger partial charge in [0.25, 0.3) is 0 Å². The van der Waals surface area contributed by atoms with Crippen molar-refractivity contribution in [3.05, 3.63) is 53.9 Å². The van der Waals surface area contributed by atoms with E-state index in [1.165, 1.54) is 23.5 Å². The number of hydrogen-bond acceptors (Lipinski definition) is 7. The van der Waals surface area contributed by atoms with Crippen LogP contribution in [0.5, 0.6) is 0 Å². The third-order valence-electron chi connectivity index (χ3n) is 6.09. The number of thiazole rings is 1. The summed E-state index contributed by atoms with van der Waals surface area (Å²) >= 11 is 1.53. The summed E-state index contributed by atoms with van der Waals surface area (Å²) < 4.78 is 21.0. The van der Waals surface area contributed by atoms with Gasteiger partial charge in [-0.3, -0.25) is 4.40 Å². The number of carbonyl (C=O) groups excluding carboxylic acids is 1. The maximum absolute atomic E-state index is 13.5. The number of amides is 1. The van der Waals surface area contributed by atoms with E-state index in [0.717, 1.165) is 47.0 Å². The quantitative estimate of drug-likeness (QED) is 0.371. The number of rotatable bonds is 5. The van der Waals surface area contributed by atoms with Crippen LogP contribution >= 0.6 is 11.3 Å². The first-order valence-corrected chi connectivity index (χ1v) is 12.9. The van der Waals surface area contributed by atoms with E-state index in [1.54, 1.807) is 23.2 Å². The summed E-state index contributed by atoms with van der Waals surface area (Å²) in [5, 5.41) is 5.35. The lowest BCUT2D eigenvalue weighted by molar-refractivity contribution is 0.0188. The molecule has 1 amide bonds. The van der Waals surface area contributed by atoms with Crippen molar-refractivity contribution in [2.24, 2.45) is 5.92 Å². The first kappa shape index (κ1) is 24.2. The van der Waals surface area contributed by atoms with Crippen molar-refractivity contribution in [2.45, 2.75) is 39.2 Å². The molecule has 0 saturated carbocycles. The van der Waals surface area contributed by atoms with Crippen LogP contribution in [-0.2, 0) is 4.74 Å². The Morgan fingerprint density at radius 3 is 2.64 bits per heavy atom. The van der Waals surface area contributed by atoms with Gasteiger partial charge in [0.05, 0.1) is 11.4 Å². The molecule has 1 fully saturated rings. The molecule has 8 nitrogen and oxygen atoms in total. The highest BCUT2D eigenvalue weighted by Crippen LogP contribution is 2.33. The highest BCUT2D eigenvalue weighted by atomic mass is 32.1. The zero-order valence-corrected chi connectivity index (χ0v) is 21.4. The number of fused-ring (bicyclic) bond motifs is 1. The molecule has 1 aromatic carbocycles. The minimum Gasteiger partial charge on any atom is -0.444 e. The van der Waals surface area contributed by atoms with E-state index in [1.807, 2.05) is 42.8 Å². The highest BCUT2D eigenvalue weighted by molar-refractivity contribution is 7.15. The maximum atomic E-state index is 13.5. The lowest BCUT2D eigenvalue weighted by Gasteiger charge is -2.33. The van der Waals surface area contributed by atoms with E-state index in [9.17, 15) is 9.18 Å². The van der Waals surface area contributed by atoms with Crippen LogP contribution in [0.2, 0.25) is 0 Å². The Hall–Kier alpha value is -3.53. The van der Waals surface area contributed by atoms with Gasteiger partial charge < -0.3 is 15.0 Å². The van der Waals surface area contributed by atoms with Crippen molar-refractivity contribution in [1.82, 2.24) is 24.3 Å². The number of anilines is 1. The van der Waals surface area contributed by atoms with E-state index in [0.29, 0.717) is 25.0 Å². The summed E-state index contributed by atoms with van der Waals surface area (Å²) in [5.74, 6) is 0.661. The predicted octanol–water partition coefficient (Wildman–Crippen LogP) is 5.72. The smallest absolute Gasteiger partial charge is 0.410 e. The standard InChI is InChI=1S/C26H29FN6O2S/c1-26(2,3)35-25(34)32-12-9-17(10-13-32)16-29-23-28-11-8-20(30-23)22-21(18-4-6-19(27)7-5-18)31-24-33(22)14-15-36-24/h4-8,11,14-15,17H,9-10,12-13,16H2,1-3H3,(H,28,29,30).